The quantitative estimate of drug-likeness (QED) is 0.608. The van der Waals surface area contributed by atoms with Gasteiger partial charge in [-0.05, 0) is 23.7 Å². The lowest BCUT2D eigenvalue weighted by molar-refractivity contribution is 0.0379. The molecule has 0 saturated carbocycles. The van der Waals surface area contributed by atoms with Gasteiger partial charge in [-0.25, -0.2) is 0 Å². The molecule has 124 valence electrons. The molecule has 0 saturated heterocycles. The highest BCUT2D eigenvalue weighted by molar-refractivity contribution is 4.64. The van der Waals surface area contributed by atoms with Crippen molar-refractivity contribution < 1.29 is 19.7 Å². The molecule has 0 aromatic heterocycles. The second-order valence-corrected chi connectivity index (χ2v) is 6.59. The van der Waals surface area contributed by atoms with Crippen LogP contribution in [0.25, 0.3) is 0 Å². The molecule has 0 spiro atoms. The molecule has 0 atom stereocenters. The minimum absolute atomic E-state index is 0.125. The van der Waals surface area contributed by atoms with Crippen LogP contribution in [0.3, 0.4) is 0 Å². The highest BCUT2D eigenvalue weighted by atomic mass is 16.5. The lowest BCUT2D eigenvalue weighted by Gasteiger charge is -2.21. The van der Waals surface area contributed by atoms with Gasteiger partial charge in [-0.15, -0.1) is 0 Å². The molecule has 0 aliphatic heterocycles. The summed E-state index contributed by atoms with van der Waals surface area (Å²) in [6.07, 6.45) is 2.22. The smallest absolute Gasteiger partial charge is 0.0697 e. The lowest BCUT2D eigenvalue weighted by atomic mass is 9.92. The molecule has 0 radical (unpaired) electrons. The van der Waals surface area contributed by atoms with Crippen LogP contribution < -0.4 is 0 Å². The van der Waals surface area contributed by atoms with E-state index in [-0.39, 0.29) is 24.0 Å². The van der Waals surface area contributed by atoms with Gasteiger partial charge in [-0.1, -0.05) is 41.5 Å². The van der Waals surface area contributed by atoms with Crippen LogP contribution in [0.1, 0.15) is 54.4 Å². The van der Waals surface area contributed by atoms with Gasteiger partial charge in [-0.3, -0.25) is 0 Å². The van der Waals surface area contributed by atoms with Crippen molar-refractivity contribution in [2.45, 2.75) is 54.4 Å². The summed E-state index contributed by atoms with van der Waals surface area (Å²) >= 11 is 0. The summed E-state index contributed by atoms with van der Waals surface area (Å²) in [5.74, 6) is 0. The molecule has 4 nitrogen and oxygen atoms in total. The monoisotopic (exact) mass is 292 g/mol. The van der Waals surface area contributed by atoms with Crippen LogP contribution in [-0.2, 0) is 9.47 Å². The molecule has 0 fully saturated rings. The van der Waals surface area contributed by atoms with Crippen molar-refractivity contribution in [2.75, 3.05) is 39.6 Å². The van der Waals surface area contributed by atoms with Gasteiger partial charge >= 0.3 is 0 Å². The predicted molar refractivity (Wildman–Crippen MR) is 84.0 cm³/mol. The van der Waals surface area contributed by atoms with Crippen LogP contribution in [0, 0.1) is 10.8 Å². The second kappa shape index (κ2) is 12.6. The van der Waals surface area contributed by atoms with Gasteiger partial charge in [0.25, 0.3) is 0 Å². The Balaban J connectivity index is 0. The van der Waals surface area contributed by atoms with Gasteiger partial charge in [-0.2, -0.15) is 0 Å². The number of aliphatic hydroxyl groups excluding tert-OH is 2. The van der Waals surface area contributed by atoms with E-state index in [9.17, 15) is 0 Å². The molecule has 0 aromatic carbocycles. The van der Waals surface area contributed by atoms with Gasteiger partial charge in [0.1, 0.15) is 0 Å². The van der Waals surface area contributed by atoms with E-state index < -0.39 is 0 Å². The van der Waals surface area contributed by atoms with Crippen molar-refractivity contribution in [1.82, 2.24) is 0 Å². The first kappa shape index (κ1) is 22.1. The maximum atomic E-state index is 8.41. The first-order chi connectivity index (χ1) is 9.24. The maximum Gasteiger partial charge on any atom is 0.0697 e. The molecule has 0 amide bonds. The summed E-state index contributed by atoms with van der Waals surface area (Å²) in [5, 5.41) is 16.8. The minimum atomic E-state index is 0.125. The third-order valence-electron chi connectivity index (χ3n) is 3.37. The van der Waals surface area contributed by atoms with Gasteiger partial charge in [0, 0.05) is 0 Å². The van der Waals surface area contributed by atoms with Gasteiger partial charge in [0.15, 0.2) is 0 Å². The lowest BCUT2D eigenvalue weighted by Crippen LogP contribution is -2.19. The van der Waals surface area contributed by atoms with Crippen molar-refractivity contribution in [3.8, 4) is 0 Å². The van der Waals surface area contributed by atoms with Gasteiger partial charge in [0.05, 0.1) is 39.6 Å². The molecular weight excluding hydrogens is 256 g/mol. The van der Waals surface area contributed by atoms with Crippen LogP contribution in [-0.4, -0.2) is 49.9 Å². The number of aliphatic hydroxyl groups is 2. The molecule has 20 heavy (non-hydrogen) atoms. The average molecular weight is 292 g/mol. The Morgan fingerprint density at radius 3 is 1.20 bits per heavy atom. The fourth-order valence-electron chi connectivity index (χ4n) is 1.03. The average Bonchev–Trinajstić information content (AvgIpc) is 2.40. The topological polar surface area (TPSA) is 58.9 Å². The standard InChI is InChI=1S/2C8H18O2/c2*1-4-8(2,3)7-10-6-5-9/h2*9H,4-7H2,1-3H3. The van der Waals surface area contributed by atoms with E-state index in [0.717, 1.165) is 26.1 Å². The van der Waals surface area contributed by atoms with Crippen LogP contribution >= 0.6 is 0 Å². The number of rotatable bonds is 10. The summed E-state index contributed by atoms with van der Waals surface area (Å²) in [7, 11) is 0. The summed E-state index contributed by atoms with van der Waals surface area (Å²) in [4.78, 5) is 0. The third kappa shape index (κ3) is 15.9. The summed E-state index contributed by atoms with van der Waals surface area (Å²) in [6, 6.07) is 0. The molecule has 0 aliphatic rings. The fourth-order valence-corrected chi connectivity index (χ4v) is 1.03. The number of hydrogen-bond acceptors (Lipinski definition) is 4. The normalized spacial score (nSPS) is 12.0. The van der Waals surface area contributed by atoms with E-state index in [1.807, 2.05) is 0 Å². The Morgan fingerprint density at radius 1 is 0.700 bits per heavy atom. The summed E-state index contributed by atoms with van der Waals surface area (Å²) in [6.45, 7) is 15.6. The van der Waals surface area contributed by atoms with Crippen LogP contribution in [0.4, 0.5) is 0 Å². The predicted octanol–water partition coefficient (Wildman–Crippen LogP) is 2.86. The zero-order valence-electron chi connectivity index (χ0n) is 14.4. The Hall–Kier alpha value is -0.160. The largest absolute Gasteiger partial charge is 0.394 e. The van der Waals surface area contributed by atoms with Crippen LogP contribution in [0.5, 0.6) is 0 Å². The molecule has 0 bridgehead atoms. The Morgan fingerprint density at radius 2 is 1.00 bits per heavy atom. The van der Waals surface area contributed by atoms with E-state index in [4.69, 9.17) is 19.7 Å². The Bertz CT molecular complexity index is 181. The molecule has 0 aromatic rings. The summed E-state index contributed by atoms with van der Waals surface area (Å²) in [5.41, 5.74) is 0.518. The zero-order chi connectivity index (χ0) is 16.1. The second-order valence-electron chi connectivity index (χ2n) is 6.59. The van der Waals surface area contributed by atoms with Crippen molar-refractivity contribution in [3.63, 3.8) is 0 Å². The molecule has 0 unspecified atom stereocenters. The number of hydrogen-bond donors (Lipinski definition) is 2. The highest BCUT2D eigenvalue weighted by Gasteiger charge is 2.14. The molecule has 0 rings (SSSR count). The van der Waals surface area contributed by atoms with Crippen molar-refractivity contribution >= 4 is 0 Å². The Kier molecular flexibility index (Phi) is 13.9. The van der Waals surface area contributed by atoms with Crippen LogP contribution in [0.2, 0.25) is 0 Å². The molecule has 4 heteroatoms. The molecule has 0 heterocycles. The van der Waals surface area contributed by atoms with Crippen LogP contribution in [0.15, 0.2) is 0 Å². The SMILES string of the molecule is CCC(C)(C)COCCO.CCC(C)(C)COCCO. The third-order valence-corrected chi connectivity index (χ3v) is 3.37. The molecule has 0 aliphatic carbocycles. The van der Waals surface area contributed by atoms with E-state index in [0.29, 0.717) is 13.2 Å². The van der Waals surface area contributed by atoms with E-state index in [1.165, 1.54) is 0 Å². The highest BCUT2D eigenvalue weighted by Crippen LogP contribution is 2.19. The number of ether oxygens (including phenoxy) is 2. The maximum absolute atomic E-state index is 8.41. The zero-order valence-corrected chi connectivity index (χ0v) is 14.4. The molecular formula is C16H36O4. The minimum Gasteiger partial charge on any atom is -0.394 e. The van der Waals surface area contributed by atoms with E-state index in [1.54, 1.807) is 0 Å². The molecule has 2 N–H and O–H groups in total. The first-order valence-electron chi connectivity index (χ1n) is 7.62. The van der Waals surface area contributed by atoms with Crippen molar-refractivity contribution in [3.05, 3.63) is 0 Å². The van der Waals surface area contributed by atoms with Crippen molar-refractivity contribution in [1.29, 1.82) is 0 Å². The Labute approximate surface area is 125 Å². The van der Waals surface area contributed by atoms with E-state index in [2.05, 4.69) is 41.5 Å². The van der Waals surface area contributed by atoms with Gasteiger partial charge in [0.2, 0.25) is 0 Å². The van der Waals surface area contributed by atoms with E-state index >= 15 is 0 Å². The fraction of sp³-hybridized carbons (Fsp3) is 1.00. The first-order valence-corrected chi connectivity index (χ1v) is 7.62. The van der Waals surface area contributed by atoms with Gasteiger partial charge < -0.3 is 19.7 Å². The van der Waals surface area contributed by atoms with Crippen molar-refractivity contribution in [2.24, 2.45) is 10.8 Å². The summed E-state index contributed by atoms with van der Waals surface area (Å²) < 4.78 is 10.4.